The van der Waals surface area contributed by atoms with E-state index >= 15 is 0 Å². The molecule has 0 saturated carbocycles. The van der Waals surface area contributed by atoms with Crippen LogP contribution in [0.3, 0.4) is 0 Å². The molecule has 7 heteroatoms. The zero-order valence-corrected chi connectivity index (χ0v) is 16.1. The van der Waals surface area contributed by atoms with Gasteiger partial charge in [0.25, 0.3) is 0 Å². The molecule has 0 bridgehead atoms. The van der Waals surface area contributed by atoms with E-state index in [-0.39, 0.29) is 0 Å². The number of hydrogen-bond donors (Lipinski definition) is 2. The molecule has 2 amide bonds. The van der Waals surface area contributed by atoms with Crippen LogP contribution in [0.4, 0.5) is 5.69 Å². The van der Waals surface area contributed by atoms with Gasteiger partial charge < -0.3 is 10.6 Å². The minimum absolute atomic E-state index is 0.332. The van der Waals surface area contributed by atoms with E-state index in [2.05, 4.69) is 41.4 Å². The van der Waals surface area contributed by atoms with Gasteiger partial charge in [-0.1, -0.05) is 20.8 Å². The number of carbonyl (C=O) groups excluding carboxylic acids is 2. The Hall–Kier alpha value is -1.89. The molecular weight excluding hydrogens is 318 g/mol. The number of hydrogen-bond acceptors (Lipinski definition) is 4. The number of amides is 2. The average molecular weight is 349 g/mol. The summed E-state index contributed by atoms with van der Waals surface area (Å²) in [4.78, 5) is 26.7. The number of carbonyl (C=O) groups is 2. The monoisotopic (exact) mass is 349 g/mol. The Morgan fingerprint density at radius 3 is 2.64 bits per heavy atom. The molecular formula is C18H31N5O2. The van der Waals surface area contributed by atoms with Crippen LogP contribution in [0.1, 0.15) is 45.0 Å². The van der Waals surface area contributed by atoms with E-state index in [9.17, 15) is 9.59 Å². The third-order valence-electron chi connectivity index (χ3n) is 4.77. The minimum Gasteiger partial charge on any atom is -0.346 e. The summed E-state index contributed by atoms with van der Waals surface area (Å²) in [5.41, 5.74) is 2.24. The molecule has 1 unspecified atom stereocenters. The van der Waals surface area contributed by atoms with Gasteiger partial charge in [-0.25, -0.2) is 0 Å². The van der Waals surface area contributed by atoms with Gasteiger partial charge in [0.05, 0.1) is 17.1 Å². The highest BCUT2D eigenvalue weighted by molar-refractivity contribution is 6.39. The van der Waals surface area contributed by atoms with Crippen molar-refractivity contribution in [3.05, 3.63) is 11.4 Å². The number of nitrogens with zero attached hydrogens (tertiary/aromatic N) is 3. The maximum atomic E-state index is 12.2. The number of nitrogens with one attached hydrogen (secondary N) is 2. The molecule has 1 aliphatic rings. The van der Waals surface area contributed by atoms with Gasteiger partial charge in [0.1, 0.15) is 0 Å². The highest BCUT2D eigenvalue weighted by atomic mass is 16.2. The number of rotatable bonds is 6. The summed E-state index contributed by atoms with van der Waals surface area (Å²) in [5.74, 6) is -0.757. The molecule has 1 atom stereocenters. The molecule has 1 saturated heterocycles. The Labute approximate surface area is 150 Å². The van der Waals surface area contributed by atoms with E-state index in [1.165, 1.54) is 0 Å². The van der Waals surface area contributed by atoms with Crippen molar-refractivity contribution < 1.29 is 9.59 Å². The SMILES string of the molecule is CCN1CCCC1CNC(=O)C(=O)Nc1c(C)nn(CC(C)C)c1C. The first kappa shape index (κ1) is 19.4. The molecule has 0 aromatic carbocycles. The van der Waals surface area contributed by atoms with E-state index in [4.69, 9.17) is 0 Å². The Morgan fingerprint density at radius 2 is 2.00 bits per heavy atom. The van der Waals surface area contributed by atoms with Crippen LogP contribution in [0, 0.1) is 19.8 Å². The highest BCUT2D eigenvalue weighted by Gasteiger charge is 2.25. The van der Waals surface area contributed by atoms with Crippen LogP contribution in [0.5, 0.6) is 0 Å². The summed E-state index contributed by atoms with van der Waals surface area (Å²) in [7, 11) is 0. The number of aromatic nitrogens is 2. The van der Waals surface area contributed by atoms with Crippen LogP contribution in [0.25, 0.3) is 0 Å². The zero-order chi connectivity index (χ0) is 18.6. The van der Waals surface area contributed by atoms with Crippen LogP contribution in [-0.2, 0) is 16.1 Å². The van der Waals surface area contributed by atoms with Gasteiger partial charge in [0, 0.05) is 19.1 Å². The van der Waals surface area contributed by atoms with Crippen molar-refractivity contribution in [2.24, 2.45) is 5.92 Å². The average Bonchev–Trinajstić information content (AvgIpc) is 3.11. The molecule has 25 heavy (non-hydrogen) atoms. The molecule has 1 fully saturated rings. The molecule has 0 radical (unpaired) electrons. The van der Waals surface area contributed by atoms with Crippen molar-refractivity contribution in [2.75, 3.05) is 25.0 Å². The third kappa shape index (κ3) is 4.81. The maximum absolute atomic E-state index is 12.2. The largest absolute Gasteiger partial charge is 0.346 e. The topological polar surface area (TPSA) is 79.3 Å². The first-order valence-corrected chi connectivity index (χ1v) is 9.20. The summed E-state index contributed by atoms with van der Waals surface area (Å²) < 4.78 is 1.88. The number of likely N-dealkylation sites (N-methyl/N-ethyl adjacent to an activating group) is 1. The quantitative estimate of drug-likeness (QED) is 0.766. The molecule has 7 nitrogen and oxygen atoms in total. The fourth-order valence-corrected chi connectivity index (χ4v) is 3.41. The van der Waals surface area contributed by atoms with Gasteiger partial charge in [-0.05, 0) is 45.7 Å². The summed E-state index contributed by atoms with van der Waals surface area (Å²) >= 11 is 0. The molecule has 2 heterocycles. The van der Waals surface area contributed by atoms with Gasteiger partial charge in [0.15, 0.2) is 0 Å². The van der Waals surface area contributed by atoms with E-state index in [1.807, 2.05) is 18.5 Å². The summed E-state index contributed by atoms with van der Waals surface area (Å²) in [6.07, 6.45) is 2.21. The predicted octanol–water partition coefficient (Wildman–Crippen LogP) is 1.69. The number of aryl methyl sites for hydroxylation is 1. The van der Waals surface area contributed by atoms with Crippen molar-refractivity contribution in [3.8, 4) is 0 Å². The van der Waals surface area contributed by atoms with E-state index in [0.717, 1.165) is 43.9 Å². The van der Waals surface area contributed by atoms with Gasteiger partial charge >= 0.3 is 11.8 Å². The zero-order valence-electron chi connectivity index (χ0n) is 16.1. The van der Waals surface area contributed by atoms with Gasteiger partial charge in [-0.2, -0.15) is 5.10 Å². The second kappa shape index (κ2) is 8.47. The lowest BCUT2D eigenvalue weighted by Crippen LogP contribution is -2.43. The minimum atomic E-state index is -0.628. The summed E-state index contributed by atoms with van der Waals surface area (Å²) in [5, 5.41) is 9.95. The third-order valence-corrected chi connectivity index (χ3v) is 4.77. The molecule has 0 spiro atoms. The Balaban J connectivity index is 1.93. The smallest absolute Gasteiger partial charge is 0.313 e. The Morgan fingerprint density at radius 1 is 1.28 bits per heavy atom. The lowest BCUT2D eigenvalue weighted by molar-refractivity contribution is -0.136. The molecule has 1 aromatic rings. The van der Waals surface area contributed by atoms with Crippen molar-refractivity contribution >= 4 is 17.5 Å². The number of anilines is 1. The lowest BCUT2D eigenvalue weighted by Gasteiger charge is -2.22. The molecule has 0 aliphatic carbocycles. The Bertz CT molecular complexity index is 623. The fourth-order valence-electron chi connectivity index (χ4n) is 3.41. The van der Waals surface area contributed by atoms with Crippen molar-refractivity contribution in [2.45, 2.75) is 60.0 Å². The second-order valence-corrected chi connectivity index (χ2v) is 7.21. The fraction of sp³-hybridized carbons (Fsp3) is 0.722. The van der Waals surface area contributed by atoms with Crippen LogP contribution < -0.4 is 10.6 Å². The van der Waals surface area contributed by atoms with Crippen LogP contribution >= 0.6 is 0 Å². The first-order chi connectivity index (χ1) is 11.8. The van der Waals surface area contributed by atoms with Gasteiger partial charge in [-0.3, -0.25) is 19.2 Å². The standard InChI is InChI=1S/C18H31N5O2/c1-6-22-9-7-8-15(22)10-19-17(24)18(25)20-16-13(4)21-23(14(16)5)11-12(2)3/h12,15H,6-11H2,1-5H3,(H,19,24)(H,20,25). The molecule has 2 rings (SSSR count). The van der Waals surface area contributed by atoms with E-state index in [0.29, 0.717) is 24.2 Å². The van der Waals surface area contributed by atoms with E-state index < -0.39 is 11.8 Å². The highest BCUT2D eigenvalue weighted by Crippen LogP contribution is 2.20. The van der Waals surface area contributed by atoms with Crippen molar-refractivity contribution in [1.29, 1.82) is 0 Å². The van der Waals surface area contributed by atoms with E-state index in [1.54, 1.807) is 0 Å². The molecule has 1 aromatic heterocycles. The van der Waals surface area contributed by atoms with Crippen LogP contribution in [0.2, 0.25) is 0 Å². The van der Waals surface area contributed by atoms with Crippen molar-refractivity contribution in [1.82, 2.24) is 20.0 Å². The maximum Gasteiger partial charge on any atom is 0.313 e. The molecule has 2 N–H and O–H groups in total. The first-order valence-electron chi connectivity index (χ1n) is 9.20. The predicted molar refractivity (Wildman–Crippen MR) is 98.4 cm³/mol. The molecule has 140 valence electrons. The van der Waals surface area contributed by atoms with Crippen LogP contribution in [0.15, 0.2) is 0 Å². The lowest BCUT2D eigenvalue weighted by atomic mass is 10.2. The van der Waals surface area contributed by atoms with Gasteiger partial charge in [-0.15, -0.1) is 0 Å². The summed E-state index contributed by atoms with van der Waals surface area (Å²) in [6.45, 7) is 13.4. The summed E-state index contributed by atoms with van der Waals surface area (Å²) in [6, 6.07) is 0.332. The second-order valence-electron chi connectivity index (χ2n) is 7.21. The Kier molecular flexibility index (Phi) is 6.58. The van der Waals surface area contributed by atoms with Crippen molar-refractivity contribution in [3.63, 3.8) is 0 Å². The molecule has 1 aliphatic heterocycles. The number of likely N-dealkylation sites (tertiary alicyclic amines) is 1. The van der Waals surface area contributed by atoms with Gasteiger partial charge in [0.2, 0.25) is 0 Å². The normalized spacial score (nSPS) is 17.9. The van der Waals surface area contributed by atoms with Crippen LogP contribution in [-0.4, -0.2) is 52.2 Å².